The van der Waals surface area contributed by atoms with Crippen LogP contribution >= 0.6 is 0 Å². The second-order valence-electron chi connectivity index (χ2n) is 3.10. The number of carboxylic acids is 1. The fraction of sp³-hybridized carbons (Fsp3) is 0.222. The van der Waals surface area contributed by atoms with E-state index in [-0.39, 0.29) is 0 Å². The van der Waals surface area contributed by atoms with Crippen molar-refractivity contribution in [3.05, 3.63) is 35.4 Å². The van der Waals surface area contributed by atoms with E-state index in [1.54, 1.807) is 0 Å². The van der Waals surface area contributed by atoms with Gasteiger partial charge < -0.3 is 10.8 Å². The van der Waals surface area contributed by atoms with Gasteiger partial charge in [0.15, 0.2) is 0 Å². The van der Waals surface area contributed by atoms with Crippen LogP contribution in [0.25, 0.3) is 0 Å². The number of halogens is 2. The van der Waals surface area contributed by atoms with Crippen molar-refractivity contribution in [2.75, 3.05) is 0 Å². The predicted octanol–water partition coefficient (Wildman–Crippen LogP) is 1.22. The zero-order valence-corrected chi connectivity index (χ0v) is 7.42. The van der Waals surface area contributed by atoms with Crippen LogP contribution in [0.1, 0.15) is 12.5 Å². The Balaban J connectivity index is 3.38. The summed E-state index contributed by atoms with van der Waals surface area (Å²) < 4.78 is 26.2. The number of carbonyl (C=O) groups is 1. The second-order valence-corrected chi connectivity index (χ2v) is 3.10. The first-order chi connectivity index (χ1) is 6.37. The van der Waals surface area contributed by atoms with Gasteiger partial charge in [-0.05, 0) is 19.1 Å². The minimum absolute atomic E-state index is 0.632. The smallest absolute Gasteiger partial charge is 0.328 e. The molecule has 0 aliphatic carbocycles. The summed E-state index contributed by atoms with van der Waals surface area (Å²) in [5.74, 6) is -3.41. The first kappa shape index (κ1) is 10.6. The topological polar surface area (TPSA) is 63.3 Å². The van der Waals surface area contributed by atoms with E-state index < -0.39 is 28.7 Å². The molecule has 0 amide bonds. The molecule has 0 aliphatic rings. The Hall–Kier alpha value is -1.49. The lowest BCUT2D eigenvalue weighted by Gasteiger charge is -2.20. The van der Waals surface area contributed by atoms with E-state index in [9.17, 15) is 13.6 Å². The first-order valence-electron chi connectivity index (χ1n) is 3.84. The van der Waals surface area contributed by atoms with Gasteiger partial charge >= 0.3 is 5.97 Å². The highest BCUT2D eigenvalue weighted by molar-refractivity contribution is 5.80. The summed E-state index contributed by atoms with van der Waals surface area (Å²) in [6, 6.07) is 3.07. The highest BCUT2D eigenvalue weighted by atomic mass is 19.1. The van der Waals surface area contributed by atoms with Crippen LogP contribution in [0, 0.1) is 11.6 Å². The van der Waals surface area contributed by atoms with Gasteiger partial charge in [-0.2, -0.15) is 0 Å². The molecule has 3 N–H and O–H groups in total. The van der Waals surface area contributed by atoms with Crippen LogP contribution in [0.15, 0.2) is 18.2 Å². The zero-order chi connectivity index (χ0) is 10.9. The van der Waals surface area contributed by atoms with Crippen LogP contribution in [0.4, 0.5) is 8.78 Å². The van der Waals surface area contributed by atoms with E-state index in [2.05, 4.69) is 0 Å². The largest absolute Gasteiger partial charge is 0.480 e. The minimum atomic E-state index is -2.06. The van der Waals surface area contributed by atoms with E-state index in [1.165, 1.54) is 0 Å². The molecule has 0 radical (unpaired) electrons. The standard InChI is InChI=1S/C9H9F2NO2/c1-9(12,8(13)14)7-5(10)3-2-4-6(7)11/h2-4H,12H2,1H3,(H,13,14). The number of benzene rings is 1. The Morgan fingerprint density at radius 1 is 1.43 bits per heavy atom. The van der Waals surface area contributed by atoms with Crippen molar-refractivity contribution in [2.24, 2.45) is 5.73 Å². The van der Waals surface area contributed by atoms with Gasteiger partial charge in [0.1, 0.15) is 17.2 Å². The number of nitrogens with two attached hydrogens (primary N) is 1. The van der Waals surface area contributed by atoms with E-state index in [0.717, 1.165) is 25.1 Å². The average molecular weight is 201 g/mol. The third-order valence-corrected chi connectivity index (χ3v) is 1.93. The molecule has 0 bridgehead atoms. The Morgan fingerprint density at radius 3 is 2.21 bits per heavy atom. The Labute approximate surface area is 79.2 Å². The Bertz CT molecular complexity index is 357. The van der Waals surface area contributed by atoms with Crippen molar-refractivity contribution < 1.29 is 18.7 Å². The molecule has 1 atom stereocenters. The predicted molar refractivity (Wildman–Crippen MR) is 45.5 cm³/mol. The molecule has 0 saturated heterocycles. The van der Waals surface area contributed by atoms with E-state index in [1.807, 2.05) is 0 Å². The van der Waals surface area contributed by atoms with Crippen LogP contribution in [0.2, 0.25) is 0 Å². The molecule has 0 saturated carbocycles. The number of rotatable bonds is 2. The lowest BCUT2D eigenvalue weighted by molar-refractivity contribution is -0.143. The average Bonchev–Trinajstić information content (AvgIpc) is 2.02. The zero-order valence-electron chi connectivity index (χ0n) is 7.42. The molecule has 1 aromatic carbocycles. The summed E-state index contributed by atoms with van der Waals surface area (Å²) in [5, 5.41) is 8.69. The van der Waals surface area contributed by atoms with Gasteiger partial charge in [-0.1, -0.05) is 6.07 Å². The van der Waals surface area contributed by atoms with E-state index in [0.29, 0.717) is 0 Å². The molecule has 76 valence electrons. The summed E-state index contributed by atoms with van der Waals surface area (Å²) in [4.78, 5) is 10.7. The minimum Gasteiger partial charge on any atom is -0.480 e. The van der Waals surface area contributed by atoms with Crippen molar-refractivity contribution in [3.8, 4) is 0 Å². The fourth-order valence-electron chi connectivity index (χ4n) is 1.10. The van der Waals surface area contributed by atoms with Crippen LogP contribution in [0.3, 0.4) is 0 Å². The molecule has 1 aromatic rings. The summed E-state index contributed by atoms with van der Waals surface area (Å²) in [6.45, 7) is 1.04. The monoisotopic (exact) mass is 201 g/mol. The number of hydrogen-bond donors (Lipinski definition) is 2. The van der Waals surface area contributed by atoms with Crippen LogP contribution in [-0.2, 0) is 10.3 Å². The van der Waals surface area contributed by atoms with Crippen molar-refractivity contribution in [1.82, 2.24) is 0 Å². The highest BCUT2D eigenvalue weighted by Gasteiger charge is 2.35. The molecule has 1 rings (SSSR count). The molecule has 0 spiro atoms. The quantitative estimate of drug-likeness (QED) is 0.756. The first-order valence-corrected chi connectivity index (χ1v) is 3.84. The van der Waals surface area contributed by atoms with Gasteiger partial charge in [0.05, 0.1) is 5.56 Å². The number of carboxylic acid groups (broad SMARTS) is 1. The number of aliphatic carboxylic acids is 1. The van der Waals surface area contributed by atoms with Crippen molar-refractivity contribution in [2.45, 2.75) is 12.5 Å². The molecular formula is C9H9F2NO2. The SMILES string of the molecule is CC(N)(C(=O)O)c1c(F)cccc1F. The molecule has 0 aromatic heterocycles. The molecule has 0 aliphatic heterocycles. The third kappa shape index (κ3) is 1.58. The van der Waals surface area contributed by atoms with Crippen molar-refractivity contribution in [1.29, 1.82) is 0 Å². The van der Waals surface area contributed by atoms with Crippen LogP contribution in [-0.4, -0.2) is 11.1 Å². The summed E-state index contributed by atoms with van der Waals surface area (Å²) >= 11 is 0. The van der Waals surface area contributed by atoms with Gasteiger partial charge in [0, 0.05) is 0 Å². The van der Waals surface area contributed by atoms with Gasteiger partial charge in [-0.3, -0.25) is 0 Å². The van der Waals surface area contributed by atoms with Crippen molar-refractivity contribution >= 4 is 5.97 Å². The summed E-state index contributed by atoms with van der Waals surface area (Å²) in [7, 11) is 0. The molecule has 5 heteroatoms. The third-order valence-electron chi connectivity index (χ3n) is 1.93. The molecule has 1 unspecified atom stereocenters. The molecule has 14 heavy (non-hydrogen) atoms. The molecule has 0 fully saturated rings. The fourth-order valence-corrected chi connectivity index (χ4v) is 1.10. The van der Waals surface area contributed by atoms with Crippen LogP contribution in [0.5, 0.6) is 0 Å². The maximum atomic E-state index is 13.1. The summed E-state index contributed by atoms with van der Waals surface area (Å²) in [6.07, 6.45) is 0. The highest BCUT2D eigenvalue weighted by Crippen LogP contribution is 2.24. The number of hydrogen-bond acceptors (Lipinski definition) is 2. The van der Waals surface area contributed by atoms with Gasteiger partial charge in [0.2, 0.25) is 0 Å². The van der Waals surface area contributed by atoms with Gasteiger partial charge in [-0.15, -0.1) is 0 Å². The van der Waals surface area contributed by atoms with Gasteiger partial charge in [-0.25, -0.2) is 13.6 Å². The lowest BCUT2D eigenvalue weighted by Crippen LogP contribution is -2.43. The molecule has 3 nitrogen and oxygen atoms in total. The lowest BCUT2D eigenvalue weighted by atomic mass is 9.92. The van der Waals surface area contributed by atoms with Crippen molar-refractivity contribution in [3.63, 3.8) is 0 Å². The maximum Gasteiger partial charge on any atom is 0.328 e. The Kier molecular flexibility index (Phi) is 2.53. The maximum absolute atomic E-state index is 13.1. The van der Waals surface area contributed by atoms with E-state index >= 15 is 0 Å². The van der Waals surface area contributed by atoms with E-state index in [4.69, 9.17) is 10.8 Å². The van der Waals surface area contributed by atoms with Crippen LogP contribution < -0.4 is 5.73 Å². The Morgan fingerprint density at radius 2 is 1.86 bits per heavy atom. The second kappa shape index (κ2) is 3.34. The molecule has 0 heterocycles. The normalized spacial score (nSPS) is 14.9. The van der Waals surface area contributed by atoms with Gasteiger partial charge in [0.25, 0.3) is 0 Å². The molecular weight excluding hydrogens is 192 g/mol. The summed E-state index contributed by atoms with van der Waals surface area (Å²) in [5.41, 5.74) is 2.61.